The Morgan fingerprint density at radius 2 is 1.61 bits per heavy atom. The third-order valence-corrected chi connectivity index (χ3v) is 3.78. The number of rotatable bonds is 6. The minimum atomic E-state index is -1.19. The molecular weight excluding hydrogens is 318 g/mol. The fourth-order valence-electron chi connectivity index (χ4n) is 2.14. The number of amides is 1. The molecule has 1 atom stereocenters. The van der Waals surface area contributed by atoms with E-state index in [9.17, 15) is 19.8 Å². The summed E-state index contributed by atoms with van der Waals surface area (Å²) in [5.41, 5.74) is 1.42. The molecule has 0 saturated heterocycles. The van der Waals surface area contributed by atoms with Gasteiger partial charge < -0.3 is 10.2 Å². The highest BCUT2D eigenvalue weighted by Crippen LogP contribution is 2.16. The first kappa shape index (κ1) is 16.8. The zero-order valence-corrected chi connectivity index (χ0v) is 13.0. The molecule has 0 saturated carbocycles. The summed E-state index contributed by atoms with van der Waals surface area (Å²) in [6, 6.07) is 13.9. The molecule has 0 spiro atoms. The van der Waals surface area contributed by atoms with Gasteiger partial charge in [0, 0.05) is 18.2 Å². The van der Waals surface area contributed by atoms with Crippen LogP contribution in [0.2, 0.25) is 0 Å². The zero-order valence-electron chi connectivity index (χ0n) is 12.2. The molecule has 0 radical (unpaired) electrons. The summed E-state index contributed by atoms with van der Waals surface area (Å²) >= 11 is 5.98. The second-order valence-corrected chi connectivity index (χ2v) is 5.46. The van der Waals surface area contributed by atoms with E-state index in [2.05, 4.69) is 0 Å². The Kier molecular flexibility index (Phi) is 5.60. The van der Waals surface area contributed by atoms with Crippen molar-refractivity contribution in [2.75, 3.05) is 0 Å². The van der Waals surface area contributed by atoms with Gasteiger partial charge in [-0.05, 0) is 23.3 Å². The van der Waals surface area contributed by atoms with Crippen molar-refractivity contribution in [2.45, 2.75) is 18.9 Å². The molecule has 2 N–H and O–H groups in total. The van der Waals surface area contributed by atoms with Crippen molar-refractivity contribution in [2.24, 2.45) is 0 Å². The van der Waals surface area contributed by atoms with E-state index in [1.165, 1.54) is 12.1 Å². The van der Waals surface area contributed by atoms with Crippen molar-refractivity contribution in [1.82, 2.24) is 4.42 Å². The molecule has 2 aromatic carbocycles. The van der Waals surface area contributed by atoms with Crippen LogP contribution in [0.3, 0.4) is 0 Å². The van der Waals surface area contributed by atoms with Gasteiger partial charge in [-0.2, -0.15) is 0 Å². The highest BCUT2D eigenvalue weighted by molar-refractivity contribution is 6.22. The Labute approximate surface area is 138 Å². The molecule has 1 amide bonds. The molecule has 2 rings (SSSR count). The molecule has 0 aromatic heterocycles. The number of halogens is 1. The molecule has 0 heterocycles. The van der Waals surface area contributed by atoms with E-state index >= 15 is 0 Å². The standard InChI is InChI=1S/C17H16ClNO4/c18-19(16(21)11-12-4-2-1-3-5-12)15(17(22)23)10-13-6-8-14(20)9-7-13/h1-9,15,20H,10-11H2,(H,22,23). The summed E-state index contributed by atoms with van der Waals surface area (Å²) in [5.74, 6) is -1.58. The first-order valence-corrected chi connectivity index (χ1v) is 7.33. The molecule has 23 heavy (non-hydrogen) atoms. The van der Waals surface area contributed by atoms with Gasteiger partial charge in [0.2, 0.25) is 5.91 Å². The van der Waals surface area contributed by atoms with Crippen molar-refractivity contribution in [1.29, 1.82) is 0 Å². The van der Waals surface area contributed by atoms with Crippen LogP contribution in [0.25, 0.3) is 0 Å². The van der Waals surface area contributed by atoms with Crippen LogP contribution in [0.1, 0.15) is 11.1 Å². The molecule has 120 valence electrons. The lowest BCUT2D eigenvalue weighted by Crippen LogP contribution is -2.41. The summed E-state index contributed by atoms with van der Waals surface area (Å²) in [6.45, 7) is 0. The Balaban J connectivity index is 2.08. The number of aromatic hydroxyl groups is 1. The van der Waals surface area contributed by atoms with E-state index in [0.717, 1.165) is 9.98 Å². The van der Waals surface area contributed by atoms with Crippen molar-refractivity contribution >= 4 is 23.7 Å². The molecule has 5 nitrogen and oxygen atoms in total. The normalized spacial score (nSPS) is 11.7. The molecule has 2 aromatic rings. The van der Waals surface area contributed by atoms with Gasteiger partial charge in [-0.15, -0.1) is 0 Å². The van der Waals surface area contributed by atoms with Gasteiger partial charge in [0.25, 0.3) is 0 Å². The number of carbonyl (C=O) groups excluding carboxylic acids is 1. The van der Waals surface area contributed by atoms with Crippen LogP contribution in [0, 0.1) is 0 Å². The molecule has 6 heteroatoms. The van der Waals surface area contributed by atoms with E-state index in [1.54, 1.807) is 36.4 Å². The third kappa shape index (κ3) is 4.72. The zero-order chi connectivity index (χ0) is 16.8. The van der Waals surface area contributed by atoms with E-state index in [-0.39, 0.29) is 18.6 Å². The lowest BCUT2D eigenvalue weighted by molar-refractivity contribution is -0.145. The van der Waals surface area contributed by atoms with Crippen LogP contribution in [-0.4, -0.2) is 32.6 Å². The quantitative estimate of drug-likeness (QED) is 0.797. The molecular formula is C17H16ClNO4. The Hall–Kier alpha value is -2.53. The molecule has 1 unspecified atom stereocenters. The van der Waals surface area contributed by atoms with Crippen LogP contribution < -0.4 is 0 Å². The summed E-state index contributed by atoms with van der Waals surface area (Å²) in [4.78, 5) is 23.6. The lowest BCUT2D eigenvalue weighted by atomic mass is 10.0. The van der Waals surface area contributed by atoms with E-state index in [0.29, 0.717) is 5.56 Å². The average molecular weight is 334 g/mol. The van der Waals surface area contributed by atoms with Gasteiger partial charge in [-0.25, -0.2) is 9.21 Å². The SMILES string of the molecule is O=C(O)C(Cc1ccc(O)cc1)N(Cl)C(=O)Cc1ccccc1. The van der Waals surface area contributed by atoms with Crippen molar-refractivity contribution in [3.05, 3.63) is 65.7 Å². The first-order valence-electron chi connectivity index (χ1n) is 7.00. The fraction of sp³-hybridized carbons (Fsp3) is 0.176. The van der Waals surface area contributed by atoms with Gasteiger partial charge >= 0.3 is 5.97 Å². The van der Waals surface area contributed by atoms with Gasteiger partial charge in [-0.3, -0.25) is 4.79 Å². The maximum absolute atomic E-state index is 12.2. The van der Waals surface area contributed by atoms with Crippen LogP contribution in [0.5, 0.6) is 5.75 Å². The second kappa shape index (κ2) is 7.65. The number of carbonyl (C=O) groups is 2. The number of hydrogen-bond acceptors (Lipinski definition) is 3. The predicted molar refractivity (Wildman–Crippen MR) is 86.1 cm³/mol. The Bertz CT molecular complexity index is 673. The summed E-state index contributed by atoms with van der Waals surface area (Å²) in [5, 5.41) is 18.6. The first-order chi connectivity index (χ1) is 11.0. The number of phenols is 1. The predicted octanol–water partition coefficient (Wildman–Crippen LogP) is 2.61. The minimum absolute atomic E-state index is 0.0314. The van der Waals surface area contributed by atoms with Crippen LogP contribution in [0.4, 0.5) is 0 Å². The lowest BCUT2D eigenvalue weighted by Gasteiger charge is -2.22. The largest absolute Gasteiger partial charge is 0.508 e. The minimum Gasteiger partial charge on any atom is -0.508 e. The second-order valence-electron chi connectivity index (χ2n) is 5.09. The van der Waals surface area contributed by atoms with Gasteiger partial charge in [0.15, 0.2) is 0 Å². The van der Waals surface area contributed by atoms with E-state index in [1.807, 2.05) is 6.07 Å². The number of benzene rings is 2. The molecule has 0 fully saturated rings. The number of carboxylic acids is 1. The van der Waals surface area contributed by atoms with Crippen LogP contribution in [-0.2, 0) is 22.4 Å². The van der Waals surface area contributed by atoms with Crippen molar-refractivity contribution < 1.29 is 19.8 Å². The third-order valence-electron chi connectivity index (χ3n) is 3.36. The summed E-state index contributed by atoms with van der Waals surface area (Å²) in [6.07, 6.45) is 0.0866. The topological polar surface area (TPSA) is 77.8 Å². The maximum atomic E-state index is 12.2. The van der Waals surface area contributed by atoms with E-state index < -0.39 is 17.9 Å². The fourth-order valence-corrected chi connectivity index (χ4v) is 2.35. The Morgan fingerprint density at radius 3 is 2.17 bits per heavy atom. The van der Waals surface area contributed by atoms with Crippen LogP contribution >= 0.6 is 11.8 Å². The highest BCUT2D eigenvalue weighted by atomic mass is 35.5. The van der Waals surface area contributed by atoms with E-state index in [4.69, 9.17) is 11.8 Å². The van der Waals surface area contributed by atoms with Gasteiger partial charge in [0.05, 0.1) is 6.42 Å². The Morgan fingerprint density at radius 1 is 1.00 bits per heavy atom. The number of phenolic OH excluding ortho intramolecular Hbond substituents is 1. The van der Waals surface area contributed by atoms with Crippen molar-refractivity contribution in [3.8, 4) is 5.75 Å². The molecule has 0 aliphatic rings. The number of nitrogens with zero attached hydrogens (tertiary/aromatic N) is 1. The monoisotopic (exact) mass is 333 g/mol. The number of aliphatic carboxylic acids is 1. The van der Waals surface area contributed by atoms with Crippen molar-refractivity contribution in [3.63, 3.8) is 0 Å². The van der Waals surface area contributed by atoms with Gasteiger partial charge in [-0.1, -0.05) is 42.5 Å². The molecule has 0 aliphatic heterocycles. The van der Waals surface area contributed by atoms with Crippen LogP contribution in [0.15, 0.2) is 54.6 Å². The van der Waals surface area contributed by atoms with Gasteiger partial charge in [0.1, 0.15) is 11.8 Å². The molecule has 0 bridgehead atoms. The summed E-state index contributed by atoms with van der Waals surface area (Å²) in [7, 11) is 0. The smallest absolute Gasteiger partial charge is 0.328 e. The maximum Gasteiger partial charge on any atom is 0.328 e. The number of carboxylic acid groups (broad SMARTS) is 1. The average Bonchev–Trinajstić information content (AvgIpc) is 2.54. The summed E-state index contributed by atoms with van der Waals surface area (Å²) < 4.78 is 0.738. The number of hydrogen-bond donors (Lipinski definition) is 2. The highest BCUT2D eigenvalue weighted by Gasteiger charge is 2.28. The molecule has 0 aliphatic carbocycles.